The third kappa shape index (κ3) is 28.9. The summed E-state index contributed by atoms with van der Waals surface area (Å²) in [5.74, 6) is -2.34. The molecule has 176 valence electrons. The average Bonchev–Trinajstić information content (AvgIpc) is 2.65. The molecule has 0 bridgehead atoms. The molecule has 0 unspecified atom stereocenters. The molecule has 0 radical (unpaired) electrons. The molecular formula is C22H44Na2O6S. The molecule has 0 saturated heterocycles. The monoisotopic (exact) mass is 482 g/mol. The zero-order valence-electron chi connectivity index (χ0n) is 18.3. The van der Waals surface area contributed by atoms with E-state index in [9.17, 15) is 18.0 Å². The predicted octanol–water partition coefficient (Wildman–Crippen LogP) is 4.69. The summed E-state index contributed by atoms with van der Waals surface area (Å²) in [4.78, 5) is 21.6. The predicted molar refractivity (Wildman–Crippen MR) is 131 cm³/mol. The van der Waals surface area contributed by atoms with Gasteiger partial charge in [-0.3, -0.25) is 9.59 Å². The first-order chi connectivity index (χ1) is 13.9. The van der Waals surface area contributed by atoms with Gasteiger partial charge in [-0.25, -0.2) is 0 Å². The van der Waals surface area contributed by atoms with Crippen LogP contribution in [0, 0.1) is 0 Å². The van der Waals surface area contributed by atoms with Gasteiger partial charge in [0.15, 0.2) is 0 Å². The van der Waals surface area contributed by atoms with E-state index in [4.69, 9.17) is 5.11 Å². The quantitative estimate of drug-likeness (QED) is 0.145. The maximum atomic E-state index is 11.6. The van der Waals surface area contributed by atoms with Crippen molar-refractivity contribution in [3.63, 3.8) is 0 Å². The average molecular weight is 483 g/mol. The van der Waals surface area contributed by atoms with Crippen LogP contribution in [0.5, 0.6) is 0 Å². The van der Waals surface area contributed by atoms with Crippen LogP contribution in [-0.4, -0.2) is 90.3 Å². The first kappa shape index (κ1) is 36.5. The van der Waals surface area contributed by atoms with Gasteiger partial charge in [-0.2, -0.15) is 8.42 Å². The number of hydrogen-bond donors (Lipinski definition) is 1. The Balaban J connectivity index is -0.00000392. The standard InChI is InChI=1S/C22H42O6S.2Na.2H/c1-2-3-4-5-6-7-8-9-10-11-12-13-14-15-16-17-20-29(26,27)28-22(25)19-18-21(23)24;;;;/h2-20H2,1H3,(H,23,24);;;;. The Morgan fingerprint density at radius 2 is 1.00 bits per heavy atom. The van der Waals surface area contributed by atoms with Gasteiger partial charge < -0.3 is 9.29 Å². The van der Waals surface area contributed by atoms with E-state index in [1.807, 2.05) is 0 Å². The fourth-order valence-electron chi connectivity index (χ4n) is 3.26. The molecule has 0 aliphatic carbocycles. The van der Waals surface area contributed by atoms with Crippen LogP contribution < -0.4 is 0 Å². The number of carboxylic acid groups (broad SMARTS) is 1. The van der Waals surface area contributed by atoms with Crippen molar-refractivity contribution in [1.29, 1.82) is 0 Å². The normalized spacial score (nSPS) is 10.7. The molecule has 31 heavy (non-hydrogen) atoms. The van der Waals surface area contributed by atoms with E-state index < -0.39 is 34.9 Å². The Morgan fingerprint density at radius 1 is 0.645 bits per heavy atom. The van der Waals surface area contributed by atoms with Crippen LogP contribution in [0.25, 0.3) is 0 Å². The van der Waals surface area contributed by atoms with Crippen molar-refractivity contribution in [3.05, 3.63) is 0 Å². The van der Waals surface area contributed by atoms with E-state index in [1.54, 1.807) is 0 Å². The number of aliphatic carboxylic acids is 1. The molecule has 0 rings (SSSR count). The Kier molecular flexibility index (Phi) is 30.0. The van der Waals surface area contributed by atoms with Crippen molar-refractivity contribution < 1.29 is 27.3 Å². The van der Waals surface area contributed by atoms with Crippen LogP contribution in [-0.2, 0) is 23.9 Å². The number of carboxylic acids is 1. The van der Waals surface area contributed by atoms with Gasteiger partial charge in [-0.15, -0.1) is 0 Å². The van der Waals surface area contributed by atoms with Crippen molar-refractivity contribution in [2.45, 2.75) is 122 Å². The fraction of sp³-hybridized carbons (Fsp3) is 0.909. The van der Waals surface area contributed by atoms with Crippen molar-refractivity contribution in [2.75, 3.05) is 5.75 Å². The number of carbonyl (C=O) groups excluding carboxylic acids is 1. The van der Waals surface area contributed by atoms with E-state index in [1.165, 1.54) is 77.0 Å². The van der Waals surface area contributed by atoms with Crippen LogP contribution in [0.3, 0.4) is 0 Å². The van der Waals surface area contributed by atoms with E-state index in [0.29, 0.717) is 6.42 Å². The first-order valence-electron chi connectivity index (χ1n) is 11.5. The van der Waals surface area contributed by atoms with Gasteiger partial charge in [0.05, 0.1) is 18.6 Å². The van der Waals surface area contributed by atoms with Gasteiger partial charge in [-0.1, -0.05) is 103 Å². The van der Waals surface area contributed by atoms with E-state index in [-0.39, 0.29) is 64.9 Å². The van der Waals surface area contributed by atoms with Gasteiger partial charge in [0.25, 0.3) is 0 Å². The first-order valence-corrected chi connectivity index (χ1v) is 13.1. The zero-order valence-corrected chi connectivity index (χ0v) is 19.1. The van der Waals surface area contributed by atoms with Gasteiger partial charge in [0.1, 0.15) is 0 Å². The second kappa shape index (κ2) is 25.5. The van der Waals surface area contributed by atoms with Gasteiger partial charge in [-0.05, 0) is 6.42 Å². The molecule has 0 heterocycles. The molecular weight excluding hydrogens is 438 g/mol. The Morgan fingerprint density at radius 3 is 1.35 bits per heavy atom. The topological polar surface area (TPSA) is 97.7 Å². The Labute approximate surface area is 234 Å². The Bertz CT molecular complexity index is 526. The van der Waals surface area contributed by atoms with Gasteiger partial charge in [0.2, 0.25) is 0 Å². The second-order valence-electron chi connectivity index (χ2n) is 7.91. The molecule has 0 aliphatic rings. The van der Waals surface area contributed by atoms with Crippen molar-refractivity contribution in [2.24, 2.45) is 0 Å². The van der Waals surface area contributed by atoms with Crippen LogP contribution in [0.4, 0.5) is 0 Å². The molecule has 6 nitrogen and oxygen atoms in total. The van der Waals surface area contributed by atoms with E-state index >= 15 is 0 Å². The molecule has 9 heteroatoms. The summed E-state index contributed by atoms with van der Waals surface area (Å²) < 4.78 is 27.7. The van der Waals surface area contributed by atoms with Crippen LogP contribution in [0.2, 0.25) is 0 Å². The maximum absolute atomic E-state index is 11.6. The van der Waals surface area contributed by atoms with Crippen LogP contribution in [0.1, 0.15) is 122 Å². The molecule has 0 spiro atoms. The fourth-order valence-corrected chi connectivity index (χ4v) is 4.27. The van der Waals surface area contributed by atoms with Crippen molar-refractivity contribution in [3.8, 4) is 0 Å². The minimum atomic E-state index is -3.89. The third-order valence-corrected chi connectivity index (χ3v) is 6.24. The molecule has 0 saturated carbocycles. The third-order valence-electron chi connectivity index (χ3n) is 5.01. The molecule has 0 atom stereocenters. The SMILES string of the molecule is CCCCCCCCCCCCCCCCCCS(=O)(=O)OC(=O)CCC(=O)O.[NaH].[NaH]. The number of rotatable bonds is 21. The van der Waals surface area contributed by atoms with Gasteiger partial charge >= 0.3 is 81.2 Å². The molecule has 0 aromatic rings. The van der Waals surface area contributed by atoms with Crippen molar-refractivity contribution in [1.82, 2.24) is 0 Å². The van der Waals surface area contributed by atoms with Gasteiger partial charge in [0, 0.05) is 0 Å². The summed E-state index contributed by atoms with van der Waals surface area (Å²) in [5.41, 5.74) is 0. The van der Waals surface area contributed by atoms with Crippen molar-refractivity contribution >= 4 is 81.2 Å². The molecule has 0 amide bonds. The molecule has 0 aliphatic heterocycles. The summed E-state index contributed by atoms with van der Waals surface area (Å²) in [6.07, 6.45) is 18.5. The number of unbranched alkanes of at least 4 members (excludes halogenated alkanes) is 15. The summed E-state index contributed by atoms with van der Waals surface area (Å²) >= 11 is 0. The molecule has 0 aromatic carbocycles. The number of hydrogen-bond acceptors (Lipinski definition) is 5. The van der Waals surface area contributed by atoms with Crippen LogP contribution >= 0.6 is 0 Å². The number of carbonyl (C=O) groups is 2. The molecule has 0 aromatic heterocycles. The van der Waals surface area contributed by atoms with Crippen LogP contribution in [0.15, 0.2) is 0 Å². The Hall–Kier alpha value is 0.890. The zero-order chi connectivity index (χ0) is 21.8. The summed E-state index contributed by atoms with van der Waals surface area (Å²) in [7, 11) is -3.89. The summed E-state index contributed by atoms with van der Waals surface area (Å²) in [6, 6.07) is 0. The second-order valence-corrected chi connectivity index (χ2v) is 9.60. The van der Waals surface area contributed by atoms with E-state index in [2.05, 4.69) is 11.1 Å². The summed E-state index contributed by atoms with van der Waals surface area (Å²) in [5, 5.41) is 8.46. The molecule has 1 N–H and O–H groups in total. The van der Waals surface area contributed by atoms with E-state index in [0.717, 1.165) is 19.3 Å². The minimum absolute atomic E-state index is 0. The summed E-state index contributed by atoms with van der Waals surface area (Å²) in [6.45, 7) is 2.25. The molecule has 0 fully saturated rings.